The minimum Gasteiger partial charge on any atom is -0.453 e. The molecule has 1 aliphatic rings. The van der Waals surface area contributed by atoms with Gasteiger partial charge < -0.3 is 24.1 Å². The van der Waals surface area contributed by atoms with Gasteiger partial charge in [0.05, 0.1) is 24.2 Å². The molecule has 0 saturated carbocycles. The zero-order valence-electron chi connectivity index (χ0n) is 21.0. The van der Waals surface area contributed by atoms with Gasteiger partial charge >= 0.3 is 21.7 Å². The summed E-state index contributed by atoms with van der Waals surface area (Å²) < 4.78 is 69.8. The number of hydrogen-bond acceptors (Lipinski definition) is 7. The van der Waals surface area contributed by atoms with Crippen molar-refractivity contribution in [3.05, 3.63) is 36.2 Å². The van der Waals surface area contributed by atoms with E-state index in [2.05, 4.69) is 24.2 Å². The Bertz CT molecular complexity index is 1490. The highest BCUT2D eigenvalue weighted by Crippen LogP contribution is 2.38. The number of carbonyl (C=O) groups is 2. The maximum atomic E-state index is 13.6. The number of ether oxygens (including phenoxy) is 1. The van der Waals surface area contributed by atoms with E-state index < -0.39 is 39.6 Å². The minimum atomic E-state index is -5.80. The number of alkyl carbamates (subject to hydrolysis) is 1. The van der Waals surface area contributed by atoms with Crippen molar-refractivity contribution in [1.29, 1.82) is 0 Å². The van der Waals surface area contributed by atoms with E-state index in [0.717, 1.165) is 6.07 Å². The van der Waals surface area contributed by atoms with Crippen LogP contribution >= 0.6 is 0 Å². The van der Waals surface area contributed by atoms with E-state index in [1.165, 1.54) is 19.2 Å². The second kappa shape index (κ2) is 9.97. The number of H-pyrrole nitrogens is 1. The number of benzene rings is 2. The SMILES string of the molecule is COC(=O)N[C@H](C(=O)N1[C@@H](C)CC[C@H]1c1nc2ccc3cc(OS(=O)(=O)C(F)(F)F)ccc3c2[nH]1)C(C)C. The summed E-state index contributed by atoms with van der Waals surface area (Å²) >= 11 is 0. The summed E-state index contributed by atoms with van der Waals surface area (Å²) in [5.74, 6) is -0.426. The molecule has 0 bridgehead atoms. The number of imidazole rings is 1. The Morgan fingerprint density at radius 1 is 1.18 bits per heavy atom. The minimum absolute atomic E-state index is 0.117. The highest BCUT2D eigenvalue weighted by molar-refractivity contribution is 7.88. The van der Waals surface area contributed by atoms with Crippen molar-refractivity contribution in [1.82, 2.24) is 20.2 Å². The number of nitrogens with zero attached hydrogens (tertiary/aromatic N) is 2. The van der Waals surface area contributed by atoms with Crippen molar-refractivity contribution in [3.63, 3.8) is 0 Å². The molecule has 1 aromatic heterocycles. The van der Waals surface area contributed by atoms with Gasteiger partial charge in [0.25, 0.3) is 0 Å². The number of aromatic nitrogens is 2. The lowest BCUT2D eigenvalue weighted by Crippen LogP contribution is -2.52. The van der Waals surface area contributed by atoms with Gasteiger partial charge in [0.1, 0.15) is 17.6 Å². The largest absolute Gasteiger partial charge is 0.534 e. The lowest BCUT2D eigenvalue weighted by Gasteiger charge is -2.32. The molecule has 0 unspecified atom stereocenters. The predicted molar refractivity (Wildman–Crippen MR) is 132 cm³/mol. The van der Waals surface area contributed by atoms with Gasteiger partial charge in [-0.25, -0.2) is 9.78 Å². The summed E-state index contributed by atoms with van der Waals surface area (Å²) in [6.45, 7) is 5.56. The second-order valence-corrected chi connectivity index (χ2v) is 11.0. The first-order valence-electron chi connectivity index (χ1n) is 11.8. The van der Waals surface area contributed by atoms with Crippen LogP contribution < -0.4 is 9.50 Å². The van der Waals surface area contributed by atoms with E-state index in [1.54, 1.807) is 17.0 Å². The van der Waals surface area contributed by atoms with Gasteiger partial charge in [0.2, 0.25) is 5.91 Å². The summed E-state index contributed by atoms with van der Waals surface area (Å²) in [6.07, 6.45) is 0.633. The molecular weight excluding hydrogens is 529 g/mol. The van der Waals surface area contributed by atoms with E-state index >= 15 is 0 Å². The fourth-order valence-corrected chi connectivity index (χ4v) is 5.13. The summed E-state index contributed by atoms with van der Waals surface area (Å²) in [4.78, 5) is 35.0. The Hall–Kier alpha value is -3.55. The Morgan fingerprint density at radius 2 is 1.89 bits per heavy atom. The molecule has 0 aliphatic carbocycles. The first-order chi connectivity index (χ1) is 17.7. The highest BCUT2D eigenvalue weighted by Gasteiger charge is 2.48. The van der Waals surface area contributed by atoms with Crippen molar-refractivity contribution in [2.75, 3.05) is 7.11 Å². The first-order valence-corrected chi connectivity index (χ1v) is 13.2. The van der Waals surface area contributed by atoms with Gasteiger partial charge in [-0.1, -0.05) is 19.9 Å². The number of hydrogen-bond donors (Lipinski definition) is 2. The van der Waals surface area contributed by atoms with Crippen molar-refractivity contribution in [3.8, 4) is 5.75 Å². The molecule has 1 saturated heterocycles. The fourth-order valence-electron chi connectivity index (χ4n) is 4.67. The monoisotopic (exact) mass is 556 g/mol. The molecule has 1 aliphatic heterocycles. The molecule has 3 aromatic rings. The topological polar surface area (TPSA) is 131 Å². The number of amides is 2. The highest BCUT2D eigenvalue weighted by atomic mass is 32.2. The van der Waals surface area contributed by atoms with Gasteiger partial charge in [0, 0.05) is 11.4 Å². The number of halogens is 3. The van der Waals surface area contributed by atoms with E-state index in [0.29, 0.717) is 40.5 Å². The predicted octanol–water partition coefficient (Wildman–Crippen LogP) is 4.38. The van der Waals surface area contributed by atoms with Crippen molar-refractivity contribution in [2.45, 2.75) is 57.2 Å². The third kappa shape index (κ3) is 5.08. The lowest BCUT2D eigenvalue weighted by molar-refractivity contribution is -0.137. The number of methoxy groups -OCH3 is 1. The quantitative estimate of drug-likeness (QED) is 0.340. The Kier molecular flexibility index (Phi) is 7.21. The summed E-state index contributed by atoms with van der Waals surface area (Å²) in [7, 11) is -4.58. The number of nitrogens with one attached hydrogen (secondary N) is 2. The molecule has 2 aromatic carbocycles. The van der Waals surface area contributed by atoms with E-state index in [-0.39, 0.29) is 17.9 Å². The molecule has 38 heavy (non-hydrogen) atoms. The number of alkyl halides is 3. The normalized spacial score (nSPS) is 19.2. The number of aromatic amines is 1. The van der Waals surface area contributed by atoms with Crippen LogP contribution in [0, 0.1) is 5.92 Å². The third-order valence-corrected chi connectivity index (χ3v) is 7.56. The molecule has 2 heterocycles. The number of likely N-dealkylation sites (tertiary alicyclic amines) is 1. The van der Waals surface area contributed by atoms with Crippen LogP contribution in [0.3, 0.4) is 0 Å². The van der Waals surface area contributed by atoms with Crippen LogP contribution in [0.4, 0.5) is 18.0 Å². The second-order valence-electron chi connectivity index (χ2n) is 9.49. The van der Waals surface area contributed by atoms with Gasteiger partial charge in [0.15, 0.2) is 0 Å². The molecule has 0 spiro atoms. The van der Waals surface area contributed by atoms with Crippen LogP contribution in [0.25, 0.3) is 21.8 Å². The van der Waals surface area contributed by atoms with E-state index in [1.807, 2.05) is 20.8 Å². The summed E-state index contributed by atoms with van der Waals surface area (Å²) in [5, 5.41) is 3.62. The van der Waals surface area contributed by atoms with E-state index in [4.69, 9.17) is 0 Å². The van der Waals surface area contributed by atoms with Crippen molar-refractivity contribution < 1.29 is 40.1 Å². The molecule has 0 radical (unpaired) electrons. The van der Waals surface area contributed by atoms with Crippen LogP contribution in [-0.2, 0) is 19.6 Å². The smallest absolute Gasteiger partial charge is 0.453 e. The fraction of sp³-hybridized carbons (Fsp3) is 0.458. The van der Waals surface area contributed by atoms with Crippen LogP contribution in [0.15, 0.2) is 30.3 Å². The maximum Gasteiger partial charge on any atom is 0.534 e. The van der Waals surface area contributed by atoms with Crippen LogP contribution in [0.5, 0.6) is 5.75 Å². The zero-order valence-corrected chi connectivity index (χ0v) is 21.8. The van der Waals surface area contributed by atoms with Gasteiger partial charge in [-0.2, -0.15) is 21.6 Å². The molecule has 2 N–H and O–H groups in total. The lowest BCUT2D eigenvalue weighted by atomic mass is 10.0. The number of fused-ring (bicyclic) bond motifs is 3. The van der Waals surface area contributed by atoms with E-state index in [9.17, 15) is 31.2 Å². The standard InChI is InChI=1S/C24H27F3N4O6S/c1-12(2)19(30-23(33)36-4)22(32)31-13(3)5-10-18(31)21-28-17-9-6-14-11-15(7-8-16(14)20(17)29-21)37-38(34,35)24(25,26)27/h6-9,11-13,18-19H,5,10H2,1-4H3,(H,28,29)(H,30,33)/t13-,18-,19-/m0/s1. The molecule has 2 amide bonds. The molecule has 1 fully saturated rings. The average Bonchev–Trinajstić information content (AvgIpc) is 3.44. The van der Waals surface area contributed by atoms with Crippen LogP contribution in [0.1, 0.15) is 45.5 Å². The van der Waals surface area contributed by atoms with Crippen molar-refractivity contribution >= 4 is 43.9 Å². The number of rotatable bonds is 6. The maximum absolute atomic E-state index is 13.6. The molecule has 14 heteroatoms. The Labute approximate surface area is 216 Å². The zero-order chi connectivity index (χ0) is 28.0. The average molecular weight is 557 g/mol. The Morgan fingerprint density at radius 3 is 2.53 bits per heavy atom. The summed E-state index contributed by atoms with van der Waals surface area (Å²) in [5.41, 5.74) is -4.42. The third-order valence-electron chi connectivity index (χ3n) is 6.58. The molecule has 4 rings (SSSR count). The molecule has 206 valence electrons. The molecule has 3 atom stereocenters. The van der Waals surface area contributed by atoms with Gasteiger partial charge in [-0.3, -0.25) is 4.79 Å². The van der Waals surface area contributed by atoms with Gasteiger partial charge in [-0.15, -0.1) is 0 Å². The van der Waals surface area contributed by atoms with Crippen molar-refractivity contribution in [2.24, 2.45) is 5.92 Å². The first kappa shape index (κ1) is 27.5. The van der Waals surface area contributed by atoms with Gasteiger partial charge in [-0.05, 0) is 55.3 Å². The van der Waals surface area contributed by atoms with Crippen LogP contribution in [0.2, 0.25) is 0 Å². The molecule has 10 nitrogen and oxygen atoms in total. The number of carbonyl (C=O) groups excluding carboxylic acids is 2. The Balaban J connectivity index is 1.68. The summed E-state index contributed by atoms with van der Waals surface area (Å²) in [6, 6.07) is 5.67. The molecular formula is C24H27F3N4O6S. The van der Waals surface area contributed by atoms with Crippen LogP contribution in [-0.4, -0.2) is 60.0 Å².